The minimum atomic E-state index is -0.447. The highest BCUT2D eigenvalue weighted by atomic mass is 32.2. The predicted molar refractivity (Wildman–Crippen MR) is 54.8 cm³/mol. The molecule has 0 aliphatic carbocycles. The first kappa shape index (κ1) is 10.9. The standard InChI is InChI=1S/C9H17NO2S/c1-7(11)6-10-9(12)8-4-2-3-5-13-8/h7-8,11H,2-6H2,1H3,(H,10,12). The van der Waals surface area contributed by atoms with Gasteiger partial charge in [0.05, 0.1) is 11.4 Å². The molecule has 0 bridgehead atoms. The summed E-state index contributed by atoms with van der Waals surface area (Å²) >= 11 is 1.73. The second-order valence-electron chi connectivity index (χ2n) is 3.45. The molecule has 2 N–H and O–H groups in total. The average molecular weight is 203 g/mol. The van der Waals surface area contributed by atoms with Crippen LogP contribution in [0.25, 0.3) is 0 Å². The van der Waals surface area contributed by atoms with Gasteiger partial charge in [-0.2, -0.15) is 0 Å². The Kier molecular flexibility index (Phi) is 4.59. The second kappa shape index (κ2) is 5.50. The average Bonchev–Trinajstić information content (AvgIpc) is 2.15. The van der Waals surface area contributed by atoms with Crippen LogP contribution in [0.15, 0.2) is 0 Å². The summed E-state index contributed by atoms with van der Waals surface area (Å²) in [4.78, 5) is 11.5. The van der Waals surface area contributed by atoms with Crippen molar-refractivity contribution in [3.63, 3.8) is 0 Å². The van der Waals surface area contributed by atoms with E-state index in [-0.39, 0.29) is 11.2 Å². The molecule has 1 saturated heterocycles. The highest BCUT2D eigenvalue weighted by Crippen LogP contribution is 2.24. The summed E-state index contributed by atoms with van der Waals surface area (Å²) in [6.07, 6.45) is 2.92. The maximum absolute atomic E-state index is 11.5. The van der Waals surface area contributed by atoms with Gasteiger partial charge in [0, 0.05) is 6.54 Å². The van der Waals surface area contributed by atoms with E-state index in [0.29, 0.717) is 6.54 Å². The summed E-state index contributed by atoms with van der Waals surface area (Å²) in [5.41, 5.74) is 0. The summed E-state index contributed by atoms with van der Waals surface area (Å²) in [6, 6.07) is 0. The molecule has 0 aromatic heterocycles. The molecule has 2 unspecified atom stereocenters. The smallest absolute Gasteiger partial charge is 0.233 e. The number of aliphatic hydroxyl groups excluding tert-OH is 1. The van der Waals surface area contributed by atoms with Gasteiger partial charge in [-0.3, -0.25) is 4.79 Å². The van der Waals surface area contributed by atoms with Crippen LogP contribution in [-0.4, -0.2) is 34.7 Å². The van der Waals surface area contributed by atoms with Gasteiger partial charge in [0.2, 0.25) is 5.91 Å². The summed E-state index contributed by atoms with van der Waals surface area (Å²) in [7, 11) is 0. The molecule has 0 spiro atoms. The van der Waals surface area contributed by atoms with E-state index in [1.54, 1.807) is 18.7 Å². The van der Waals surface area contributed by atoms with E-state index in [0.717, 1.165) is 18.6 Å². The maximum Gasteiger partial charge on any atom is 0.233 e. The molecule has 1 aliphatic heterocycles. The summed E-state index contributed by atoms with van der Waals surface area (Å²) in [6.45, 7) is 2.05. The molecule has 0 aromatic carbocycles. The van der Waals surface area contributed by atoms with E-state index < -0.39 is 6.10 Å². The number of aliphatic hydroxyl groups is 1. The van der Waals surface area contributed by atoms with Crippen LogP contribution in [0, 0.1) is 0 Å². The number of hydrogen-bond acceptors (Lipinski definition) is 3. The fraction of sp³-hybridized carbons (Fsp3) is 0.889. The quantitative estimate of drug-likeness (QED) is 0.712. The molecule has 13 heavy (non-hydrogen) atoms. The molecule has 1 amide bonds. The molecule has 3 nitrogen and oxygen atoms in total. The topological polar surface area (TPSA) is 49.3 Å². The fourth-order valence-corrected chi connectivity index (χ4v) is 2.53. The normalized spacial score (nSPS) is 25.2. The molecule has 1 aliphatic rings. The number of carbonyl (C=O) groups is 1. The van der Waals surface area contributed by atoms with Crippen molar-refractivity contribution in [2.45, 2.75) is 37.5 Å². The van der Waals surface area contributed by atoms with Crippen LogP contribution >= 0.6 is 11.8 Å². The second-order valence-corrected chi connectivity index (χ2v) is 4.76. The molecule has 2 atom stereocenters. The monoisotopic (exact) mass is 203 g/mol. The largest absolute Gasteiger partial charge is 0.392 e. The van der Waals surface area contributed by atoms with E-state index in [2.05, 4.69) is 5.32 Å². The number of nitrogens with one attached hydrogen (secondary N) is 1. The Labute approximate surface area is 83.3 Å². The lowest BCUT2D eigenvalue weighted by Crippen LogP contribution is -2.37. The number of rotatable bonds is 3. The third-order valence-electron chi connectivity index (χ3n) is 2.04. The van der Waals surface area contributed by atoms with Gasteiger partial charge in [0.1, 0.15) is 0 Å². The van der Waals surface area contributed by atoms with Crippen molar-refractivity contribution in [3.8, 4) is 0 Å². The van der Waals surface area contributed by atoms with Crippen LogP contribution in [0.5, 0.6) is 0 Å². The van der Waals surface area contributed by atoms with Crippen molar-refractivity contribution in [2.24, 2.45) is 0 Å². The Balaban J connectivity index is 2.21. The first-order valence-corrected chi connectivity index (χ1v) is 5.82. The van der Waals surface area contributed by atoms with Crippen LogP contribution in [0.1, 0.15) is 26.2 Å². The number of hydrogen-bond donors (Lipinski definition) is 2. The van der Waals surface area contributed by atoms with E-state index in [4.69, 9.17) is 5.11 Å². The Bertz CT molecular complexity index is 167. The molecule has 0 aromatic rings. The SMILES string of the molecule is CC(O)CNC(=O)C1CCCCS1. The Hall–Kier alpha value is -0.220. The molecular formula is C9H17NO2S. The van der Waals surface area contributed by atoms with Crippen molar-refractivity contribution >= 4 is 17.7 Å². The molecular weight excluding hydrogens is 186 g/mol. The van der Waals surface area contributed by atoms with Gasteiger partial charge < -0.3 is 10.4 Å². The number of thioether (sulfide) groups is 1. The van der Waals surface area contributed by atoms with Gasteiger partial charge in [-0.25, -0.2) is 0 Å². The first-order valence-electron chi connectivity index (χ1n) is 4.77. The van der Waals surface area contributed by atoms with Gasteiger partial charge in [0.15, 0.2) is 0 Å². The Morgan fingerprint density at radius 3 is 3.00 bits per heavy atom. The lowest BCUT2D eigenvalue weighted by atomic mass is 10.2. The van der Waals surface area contributed by atoms with E-state index in [1.807, 2.05) is 0 Å². The molecule has 1 heterocycles. The third-order valence-corrected chi connectivity index (χ3v) is 3.42. The van der Waals surface area contributed by atoms with Crippen molar-refractivity contribution in [1.29, 1.82) is 0 Å². The molecule has 0 saturated carbocycles. The van der Waals surface area contributed by atoms with E-state index in [9.17, 15) is 4.79 Å². The lowest BCUT2D eigenvalue weighted by Gasteiger charge is -2.20. The van der Waals surface area contributed by atoms with Gasteiger partial charge in [-0.1, -0.05) is 6.42 Å². The van der Waals surface area contributed by atoms with Gasteiger partial charge in [0.25, 0.3) is 0 Å². The first-order chi connectivity index (χ1) is 6.20. The summed E-state index contributed by atoms with van der Waals surface area (Å²) < 4.78 is 0. The van der Waals surface area contributed by atoms with Crippen molar-refractivity contribution in [3.05, 3.63) is 0 Å². The van der Waals surface area contributed by atoms with Crippen molar-refractivity contribution in [1.82, 2.24) is 5.32 Å². The zero-order valence-corrected chi connectivity index (χ0v) is 8.77. The Morgan fingerprint density at radius 2 is 2.46 bits per heavy atom. The highest BCUT2D eigenvalue weighted by Gasteiger charge is 2.21. The minimum absolute atomic E-state index is 0.0885. The van der Waals surface area contributed by atoms with Gasteiger partial charge >= 0.3 is 0 Å². The van der Waals surface area contributed by atoms with Crippen LogP contribution in [0.4, 0.5) is 0 Å². The number of carbonyl (C=O) groups excluding carboxylic acids is 1. The molecule has 0 radical (unpaired) electrons. The summed E-state index contributed by atoms with van der Waals surface area (Å²) in [5.74, 6) is 1.18. The fourth-order valence-electron chi connectivity index (χ4n) is 1.31. The van der Waals surface area contributed by atoms with Gasteiger partial charge in [-0.15, -0.1) is 11.8 Å². The Morgan fingerprint density at radius 1 is 1.69 bits per heavy atom. The van der Waals surface area contributed by atoms with Gasteiger partial charge in [-0.05, 0) is 25.5 Å². The third kappa shape index (κ3) is 4.00. The predicted octanol–water partition coefficient (Wildman–Crippen LogP) is 0.769. The van der Waals surface area contributed by atoms with Crippen LogP contribution in [-0.2, 0) is 4.79 Å². The maximum atomic E-state index is 11.5. The van der Waals surface area contributed by atoms with Crippen molar-refractivity contribution < 1.29 is 9.90 Å². The molecule has 4 heteroatoms. The molecule has 1 fully saturated rings. The highest BCUT2D eigenvalue weighted by molar-refractivity contribution is 8.00. The van der Waals surface area contributed by atoms with Crippen molar-refractivity contribution in [2.75, 3.05) is 12.3 Å². The minimum Gasteiger partial charge on any atom is -0.392 e. The summed E-state index contributed by atoms with van der Waals surface area (Å²) in [5, 5.41) is 11.8. The van der Waals surface area contributed by atoms with Crippen LogP contribution in [0.2, 0.25) is 0 Å². The number of amides is 1. The van der Waals surface area contributed by atoms with Crippen LogP contribution < -0.4 is 5.32 Å². The van der Waals surface area contributed by atoms with Crippen LogP contribution in [0.3, 0.4) is 0 Å². The molecule has 1 rings (SSSR count). The zero-order valence-electron chi connectivity index (χ0n) is 7.95. The van der Waals surface area contributed by atoms with E-state index in [1.165, 1.54) is 6.42 Å². The zero-order chi connectivity index (χ0) is 9.68. The molecule has 76 valence electrons. The van der Waals surface area contributed by atoms with E-state index >= 15 is 0 Å². The lowest BCUT2D eigenvalue weighted by molar-refractivity contribution is -0.121.